The Bertz CT molecular complexity index is 628. The maximum absolute atomic E-state index is 14.9. The van der Waals surface area contributed by atoms with E-state index in [9.17, 15) is 14.6 Å². The number of hydrogen-bond acceptors (Lipinski definition) is 6. The number of aliphatic hydroxyl groups excluding tert-OH is 2. The zero-order valence-corrected chi connectivity index (χ0v) is 13.3. The van der Waals surface area contributed by atoms with E-state index in [-0.39, 0.29) is 5.82 Å². The lowest BCUT2D eigenvalue weighted by Crippen LogP contribution is -2.40. The Morgan fingerprint density at radius 1 is 1.70 bits per heavy atom. The molecule has 0 amide bonds. The standard InChI is InChI=1S/C14H22FN5O3/c1-7-10(12(17-4)19-8(2)16)18-6-20(7)13-14(3,15)11(22)9(5-21)23-13/h6,9,11,13,21-22H,2,5,16H2,1,3-4H3,(H,17,19)/t9-,11-,13-,14-/m1/s1. The van der Waals surface area contributed by atoms with E-state index >= 15 is 0 Å². The monoisotopic (exact) mass is 327 g/mol. The minimum Gasteiger partial charge on any atom is -0.394 e. The number of amidine groups is 1. The summed E-state index contributed by atoms with van der Waals surface area (Å²) in [6.07, 6.45) is -2.16. The molecule has 5 N–H and O–H groups in total. The van der Waals surface area contributed by atoms with Crippen LogP contribution in [0.4, 0.5) is 4.39 Å². The van der Waals surface area contributed by atoms with Crippen molar-refractivity contribution in [3.63, 3.8) is 0 Å². The first-order valence-corrected chi connectivity index (χ1v) is 7.11. The smallest absolute Gasteiger partial charge is 0.181 e. The summed E-state index contributed by atoms with van der Waals surface area (Å²) in [5.41, 5.74) is 4.43. The van der Waals surface area contributed by atoms with Crippen molar-refractivity contribution >= 4 is 5.84 Å². The number of hydrogen-bond donors (Lipinski definition) is 4. The molecule has 2 heterocycles. The lowest BCUT2D eigenvalue weighted by atomic mass is 9.98. The number of nitrogens with one attached hydrogen (secondary N) is 1. The van der Waals surface area contributed by atoms with Gasteiger partial charge in [-0.1, -0.05) is 6.58 Å². The zero-order valence-electron chi connectivity index (χ0n) is 13.3. The quantitative estimate of drug-likeness (QED) is 0.440. The van der Waals surface area contributed by atoms with E-state index in [1.54, 1.807) is 14.0 Å². The van der Waals surface area contributed by atoms with Crippen LogP contribution < -0.4 is 11.1 Å². The van der Waals surface area contributed by atoms with E-state index in [1.165, 1.54) is 17.8 Å². The molecule has 0 spiro atoms. The molecule has 128 valence electrons. The molecule has 0 saturated carbocycles. The van der Waals surface area contributed by atoms with Gasteiger partial charge in [0.2, 0.25) is 0 Å². The van der Waals surface area contributed by atoms with Crippen LogP contribution >= 0.6 is 0 Å². The Kier molecular flexibility index (Phi) is 4.73. The second-order valence-electron chi connectivity index (χ2n) is 5.59. The predicted molar refractivity (Wildman–Crippen MR) is 82.4 cm³/mol. The molecule has 1 aromatic rings. The maximum atomic E-state index is 14.9. The molecule has 9 heteroatoms. The molecule has 1 fully saturated rings. The van der Waals surface area contributed by atoms with E-state index in [0.717, 1.165) is 0 Å². The number of nitrogens with zero attached hydrogens (tertiary/aromatic N) is 3. The second kappa shape index (κ2) is 6.26. The number of ether oxygens (including phenoxy) is 1. The second-order valence-corrected chi connectivity index (χ2v) is 5.59. The highest BCUT2D eigenvalue weighted by molar-refractivity contribution is 5.98. The molecule has 23 heavy (non-hydrogen) atoms. The van der Waals surface area contributed by atoms with Crippen LogP contribution in [-0.2, 0) is 4.74 Å². The van der Waals surface area contributed by atoms with E-state index in [0.29, 0.717) is 17.2 Å². The lowest BCUT2D eigenvalue weighted by molar-refractivity contribution is -0.0595. The Morgan fingerprint density at radius 2 is 2.35 bits per heavy atom. The van der Waals surface area contributed by atoms with Crippen molar-refractivity contribution in [3.05, 3.63) is 30.1 Å². The summed E-state index contributed by atoms with van der Waals surface area (Å²) in [5, 5.41) is 22.0. The maximum Gasteiger partial charge on any atom is 0.181 e. The van der Waals surface area contributed by atoms with Gasteiger partial charge in [0.25, 0.3) is 0 Å². The molecule has 1 aliphatic heterocycles. The summed E-state index contributed by atoms with van der Waals surface area (Å²) in [4.78, 5) is 8.25. The number of aliphatic imine (C=N–C) groups is 1. The van der Waals surface area contributed by atoms with Gasteiger partial charge in [-0.25, -0.2) is 14.4 Å². The molecular formula is C14H22FN5O3. The first-order chi connectivity index (χ1) is 10.7. The number of aromatic nitrogens is 2. The van der Waals surface area contributed by atoms with Crippen LogP contribution in [0.1, 0.15) is 24.5 Å². The molecule has 4 atom stereocenters. The van der Waals surface area contributed by atoms with Crippen LogP contribution in [0.2, 0.25) is 0 Å². The Balaban J connectivity index is 2.42. The first kappa shape index (κ1) is 17.4. The number of rotatable bonds is 4. The lowest BCUT2D eigenvalue weighted by Gasteiger charge is -2.25. The molecule has 1 aromatic heterocycles. The molecule has 0 aliphatic carbocycles. The summed E-state index contributed by atoms with van der Waals surface area (Å²) < 4.78 is 21.8. The van der Waals surface area contributed by atoms with Gasteiger partial charge >= 0.3 is 0 Å². The van der Waals surface area contributed by atoms with Gasteiger partial charge in [0, 0.05) is 12.7 Å². The Hall–Kier alpha value is -1.97. The minimum atomic E-state index is -2.08. The highest BCUT2D eigenvalue weighted by Gasteiger charge is 2.55. The van der Waals surface area contributed by atoms with E-state index in [2.05, 4.69) is 21.9 Å². The molecule has 8 nitrogen and oxygen atoms in total. The van der Waals surface area contributed by atoms with Gasteiger partial charge < -0.3 is 30.6 Å². The first-order valence-electron chi connectivity index (χ1n) is 7.11. The number of aliphatic hydroxyl groups is 2. The van der Waals surface area contributed by atoms with Gasteiger partial charge in [-0.05, 0) is 13.8 Å². The number of nitrogens with two attached hydrogens (primary N) is 1. The highest BCUT2D eigenvalue weighted by atomic mass is 19.1. The molecular weight excluding hydrogens is 305 g/mol. The van der Waals surface area contributed by atoms with Crippen molar-refractivity contribution in [2.75, 3.05) is 13.7 Å². The molecule has 0 radical (unpaired) electrons. The third-order valence-electron chi connectivity index (χ3n) is 3.91. The number of alkyl halides is 1. The van der Waals surface area contributed by atoms with Crippen molar-refractivity contribution in [2.24, 2.45) is 10.7 Å². The zero-order chi connectivity index (χ0) is 17.4. The summed E-state index contributed by atoms with van der Waals surface area (Å²) in [6.45, 7) is 5.97. The van der Waals surface area contributed by atoms with E-state index < -0.39 is 30.7 Å². The van der Waals surface area contributed by atoms with E-state index in [4.69, 9.17) is 10.5 Å². The normalized spacial score (nSPS) is 31.4. The number of halogens is 1. The molecule has 0 aromatic carbocycles. The average molecular weight is 327 g/mol. The van der Waals surface area contributed by atoms with Gasteiger partial charge in [-0.15, -0.1) is 0 Å². The predicted octanol–water partition coefficient (Wildman–Crippen LogP) is -0.434. The topological polar surface area (TPSA) is 118 Å². The Labute approximate surface area is 133 Å². The van der Waals surface area contributed by atoms with Gasteiger partial charge in [0.15, 0.2) is 17.7 Å². The average Bonchev–Trinajstić information content (AvgIpc) is 2.95. The summed E-state index contributed by atoms with van der Waals surface area (Å²) >= 11 is 0. The van der Waals surface area contributed by atoms with Gasteiger partial charge in [-0.3, -0.25) is 0 Å². The minimum absolute atomic E-state index is 0.103. The summed E-state index contributed by atoms with van der Waals surface area (Å²) in [5.74, 6) is 0.484. The van der Waals surface area contributed by atoms with Crippen LogP contribution in [-0.4, -0.2) is 57.1 Å². The van der Waals surface area contributed by atoms with Gasteiger partial charge in [0.05, 0.1) is 12.9 Å². The van der Waals surface area contributed by atoms with Crippen molar-refractivity contribution < 1.29 is 19.3 Å². The largest absolute Gasteiger partial charge is 0.394 e. The van der Waals surface area contributed by atoms with Crippen LogP contribution in [0.25, 0.3) is 0 Å². The summed E-state index contributed by atoms with van der Waals surface area (Å²) in [6, 6.07) is 0. The van der Waals surface area contributed by atoms with Crippen LogP contribution in [0.15, 0.2) is 23.7 Å². The fraction of sp³-hybridized carbons (Fsp3) is 0.571. The van der Waals surface area contributed by atoms with Crippen LogP contribution in [0, 0.1) is 6.92 Å². The summed E-state index contributed by atoms with van der Waals surface area (Å²) in [7, 11) is 1.65. The molecule has 2 rings (SSSR count). The van der Waals surface area contributed by atoms with Crippen molar-refractivity contribution in [1.29, 1.82) is 0 Å². The third-order valence-corrected chi connectivity index (χ3v) is 3.91. The molecule has 1 saturated heterocycles. The highest BCUT2D eigenvalue weighted by Crippen LogP contribution is 2.41. The van der Waals surface area contributed by atoms with Crippen molar-refractivity contribution in [3.8, 4) is 0 Å². The molecule has 0 bridgehead atoms. The van der Waals surface area contributed by atoms with Gasteiger partial charge in [0.1, 0.15) is 23.7 Å². The third kappa shape index (κ3) is 2.94. The fourth-order valence-corrected chi connectivity index (χ4v) is 2.63. The van der Waals surface area contributed by atoms with Crippen LogP contribution in [0.3, 0.4) is 0 Å². The molecule has 1 aliphatic rings. The van der Waals surface area contributed by atoms with Crippen molar-refractivity contribution in [2.45, 2.75) is 38.0 Å². The Morgan fingerprint density at radius 3 is 2.83 bits per heavy atom. The van der Waals surface area contributed by atoms with Gasteiger partial charge in [-0.2, -0.15) is 0 Å². The molecule has 0 unspecified atom stereocenters. The SMILES string of the molecule is C=C(N)/N=C(/NC)c1ncn([C@@H]2O[C@H](CO)[C@@H](O)[C@@]2(C)F)c1C. The van der Waals surface area contributed by atoms with Crippen molar-refractivity contribution in [1.82, 2.24) is 14.9 Å². The fourth-order valence-electron chi connectivity index (χ4n) is 2.63. The number of imidazole rings is 1. The van der Waals surface area contributed by atoms with E-state index in [1.807, 2.05) is 0 Å². The van der Waals surface area contributed by atoms with Crippen LogP contribution in [0.5, 0.6) is 0 Å².